The van der Waals surface area contributed by atoms with Gasteiger partial charge in [-0.05, 0) is 103 Å². The van der Waals surface area contributed by atoms with Crippen LogP contribution in [0.5, 0.6) is 5.75 Å². The van der Waals surface area contributed by atoms with Crippen molar-refractivity contribution in [3.8, 4) is 5.75 Å². The van der Waals surface area contributed by atoms with Crippen molar-refractivity contribution in [3.63, 3.8) is 0 Å². The van der Waals surface area contributed by atoms with Gasteiger partial charge < -0.3 is 19.8 Å². The molecule has 41 heavy (non-hydrogen) atoms. The van der Waals surface area contributed by atoms with Crippen molar-refractivity contribution in [2.24, 2.45) is 0 Å². The van der Waals surface area contributed by atoms with Crippen LogP contribution < -0.4 is 20.0 Å². The van der Waals surface area contributed by atoms with Gasteiger partial charge in [-0.1, -0.05) is 44.7 Å². The van der Waals surface area contributed by atoms with Gasteiger partial charge in [-0.3, -0.25) is 0 Å². The lowest BCUT2D eigenvalue weighted by atomic mass is 9.97. The second-order valence-electron chi connectivity index (χ2n) is 12.9. The Bertz CT molecular complexity index is 1500. The summed E-state index contributed by atoms with van der Waals surface area (Å²) in [7, 11) is -1.92. The minimum absolute atomic E-state index is 0.128. The van der Waals surface area contributed by atoms with E-state index < -0.39 is 8.32 Å². The Morgan fingerprint density at radius 1 is 0.951 bits per heavy atom. The first-order chi connectivity index (χ1) is 19.5. The molecule has 3 heterocycles. The molecular weight excluding hydrogens is 547 g/mol. The van der Waals surface area contributed by atoms with Crippen LogP contribution in [0.3, 0.4) is 0 Å². The molecule has 0 fully saturated rings. The molecule has 3 aliphatic heterocycles. The molecule has 3 aromatic carbocycles. The smallest absolute Gasteiger partial charge is 0.419 e. The van der Waals surface area contributed by atoms with Gasteiger partial charge in [0.2, 0.25) is 8.32 Å². The molecule has 0 spiro atoms. The van der Waals surface area contributed by atoms with Gasteiger partial charge in [-0.25, -0.2) is 9.69 Å². The highest BCUT2D eigenvalue weighted by Gasteiger charge is 2.39. The molecular formula is C33H41N3O3SSi. The zero-order chi connectivity index (χ0) is 28.9. The van der Waals surface area contributed by atoms with E-state index in [0.29, 0.717) is 0 Å². The number of fused-ring (bicyclic) bond motifs is 6. The number of benzene rings is 3. The Morgan fingerprint density at radius 2 is 1.63 bits per heavy atom. The number of amides is 1. The average Bonchev–Trinajstić information content (AvgIpc) is 2.95. The van der Waals surface area contributed by atoms with Gasteiger partial charge in [0.15, 0.2) is 0 Å². The van der Waals surface area contributed by atoms with E-state index in [9.17, 15) is 4.79 Å². The summed E-state index contributed by atoms with van der Waals surface area (Å²) in [6.45, 7) is 15.5. The van der Waals surface area contributed by atoms with Gasteiger partial charge in [0.25, 0.3) is 0 Å². The largest absolute Gasteiger partial charge is 0.544 e. The molecule has 6 nitrogen and oxygen atoms in total. The summed E-state index contributed by atoms with van der Waals surface area (Å²) >= 11 is 1.82. The second-order valence-corrected chi connectivity index (χ2v) is 18.6. The quantitative estimate of drug-likeness (QED) is 0.297. The number of ether oxygens (including phenoxy) is 1. The highest BCUT2D eigenvalue weighted by molar-refractivity contribution is 8.00. The molecule has 0 bridgehead atoms. The number of nitrogens with one attached hydrogen (secondary N) is 2. The second kappa shape index (κ2) is 10.6. The predicted molar refractivity (Wildman–Crippen MR) is 172 cm³/mol. The zero-order valence-electron chi connectivity index (χ0n) is 25.1. The maximum Gasteiger partial charge on any atom is 0.419 e. The van der Waals surface area contributed by atoms with Crippen molar-refractivity contribution in [2.45, 2.75) is 87.9 Å². The molecule has 0 atom stereocenters. The number of aryl methyl sites for hydroxylation is 1. The third-order valence-electron chi connectivity index (χ3n) is 8.95. The first-order valence-corrected chi connectivity index (χ1v) is 18.5. The summed E-state index contributed by atoms with van der Waals surface area (Å²) in [5.74, 6) is 0.870. The number of hydrogen-bond acceptors (Lipinski definition) is 6. The number of anilines is 4. The number of hydrogen-bond donors (Lipinski definition) is 2. The molecule has 8 heteroatoms. The standard InChI is InChI=1S/C33H41N3O3SSi/c1-21-19-28-31(25-10-8-18-35-29(21)25)40-30-24-9-7-17-34-26(24)15-16-27(30)36(28)32(37)38-20-22-11-13-23(14-12-22)39-41(5,6)33(2,3)4/h11-16,19,34-35H,7-10,17-18,20H2,1-6H3. The lowest BCUT2D eigenvalue weighted by molar-refractivity contribution is 0.149. The normalized spacial score (nSPS) is 15.9. The van der Waals surface area contributed by atoms with E-state index in [1.165, 1.54) is 32.3 Å². The Hall–Kier alpha value is -3.10. The van der Waals surface area contributed by atoms with E-state index in [1.807, 2.05) is 40.9 Å². The summed E-state index contributed by atoms with van der Waals surface area (Å²) in [4.78, 5) is 18.1. The van der Waals surface area contributed by atoms with Crippen molar-refractivity contribution in [1.82, 2.24) is 0 Å². The van der Waals surface area contributed by atoms with E-state index >= 15 is 0 Å². The lowest BCUT2D eigenvalue weighted by Crippen LogP contribution is -2.43. The maximum atomic E-state index is 14.0. The fourth-order valence-electron chi connectivity index (χ4n) is 5.64. The third kappa shape index (κ3) is 5.21. The van der Waals surface area contributed by atoms with Crippen LogP contribution in [0.1, 0.15) is 55.9 Å². The van der Waals surface area contributed by atoms with E-state index in [1.54, 1.807) is 0 Å². The summed E-state index contributed by atoms with van der Waals surface area (Å²) in [6.07, 6.45) is 3.84. The molecule has 3 aromatic rings. The number of carbonyl (C=O) groups is 1. The Kier molecular flexibility index (Phi) is 7.27. The van der Waals surface area contributed by atoms with Crippen molar-refractivity contribution < 1.29 is 14.0 Å². The zero-order valence-corrected chi connectivity index (χ0v) is 26.9. The molecule has 6 rings (SSSR count). The van der Waals surface area contributed by atoms with E-state index in [2.05, 4.69) is 69.6 Å². The van der Waals surface area contributed by atoms with Crippen LogP contribution in [0.4, 0.5) is 27.5 Å². The van der Waals surface area contributed by atoms with Crippen LogP contribution in [0.25, 0.3) is 0 Å². The molecule has 1 amide bonds. The van der Waals surface area contributed by atoms with Crippen LogP contribution in [-0.4, -0.2) is 27.5 Å². The monoisotopic (exact) mass is 587 g/mol. The van der Waals surface area contributed by atoms with Gasteiger partial charge in [0, 0.05) is 34.3 Å². The van der Waals surface area contributed by atoms with Crippen LogP contribution >= 0.6 is 11.8 Å². The van der Waals surface area contributed by atoms with Crippen LogP contribution in [0.15, 0.2) is 52.3 Å². The molecule has 0 saturated heterocycles. The molecule has 0 aromatic heterocycles. The number of nitrogens with zero attached hydrogens (tertiary/aromatic N) is 1. The summed E-state index contributed by atoms with van der Waals surface area (Å²) in [5.41, 5.74) is 8.97. The maximum absolute atomic E-state index is 14.0. The topological polar surface area (TPSA) is 62.8 Å². The molecule has 0 radical (unpaired) electrons. The van der Waals surface area contributed by atoms with Gasteiger partial charge in [-0.2, -0.15) is 0 Å². The van der Waals surface area contributed by atoms with E-state index in [0.717, 1.165) is 67.0 Å². The highest BCUT2D eigenvalue weighted by Crippen LogP contribution is 2.55. The highest BCUT2D eigenvalue weighted by atomic mass is 32.2. The minimum Gasteiger partial charge on any atom is -0.544 e. The van der Waals surface area contributed by atoms with Gasteiger partial charge in [-0.15, -0.1) is 0 Å². The summed E-state index contributed by atoms with van der Waals surface area (Å²) in [6, 6.07) is 14.3. The summed E-state index contributed by atoms with van der Waals surface area (Å²) in [5, 5.41) is 7.30. The molecule has 0 aliphatic carbocycles. The minimum atomic E-state index is -1.92. The lowest BCUT2D eigenvalue weighted by Gasteiger charge is -2.36. The van der Waals surface area contributed by atoms with Crippen molar-refractivity contribution in [2.75, 3.05) is 28.6 Å². The molecule has 216 valence electrons. The van der Waals surface area contributed by atoms with Crippen molar-refractivity contribution in [3.05, 3.63) is 64.7 Å². The molecule has 0 unspecified atom stereocenters. The first-order valence-electron chi connectivity index (χ1n) is 14.8. The first kappa shape index (κ1) is 28.0. The van der Waals surface area contributed by atoms with E-state index in [4.69, 9.17) is 9.16 Å². The Labute approximate surface area is 249 Å². The number of carbonyl (C=O) groups excluding carboxylic acids is 1. The fourth-order valence-corrected chi connectivity index (χ4v) is 8.06. The summed E-state index contributed by atoms with van der Waals surface area (Å²) < 4.78 is 12.5. The SMILES string of the molecule is Cc1cc2c(c3c1NCCC3)Sc1c(ccc3c1CCCN3)N2C(=O)OCc1ccc(O[Si](C)(C)C(C)(C)C)cc1. The average molecular weight is 588 g/mol. The van der Waals surface area contributed by atoms with E-state index in [-0.39, 0.29) is 17.7 Å². The van der Waals surface area contributed by atoms with Crippen molar-refractivity contribution >= 4 is 48.9 Å². The van der Waals surface area contributed by atoms with Gasteiger partial charge in [0.1, 0.15) is 12.4 Å². The Morgan fingerprint density at radius 3 is 2.37 bits per heavy atom. The van der Waals surface area contributed by atoms with Crippen molar-refractivity contribution in [1.29, 1.82) is 0 Å². The van der Waals surface area contributed by atoms with Gasteiger partial charge >= 0.3 is 6.09 Å². The molecule has 3 aliphatic rings. The van der Waals surface area contributed by atoms with Crippen LogP contribution in [0.2, 0.25) is 18.1 Å². The van der Waals surface area contributed by atoms with Crippen LogP contribution in [-0.2, 0) is 24.2 Å². The fraction of sp³-hybridized carbons (Fsp3) is 0.424. The van der Waals surface area contributed by atoms with Gasteiger partial charge in [0.05, 0.1) is 11.4 Å². The number of rotatable bonds is 4. The van der Waals surface area contributed by atoms with Crippen LogP contribution in [0, 0.1) is 6.92 Å². The third-order valence-corrected chi connectivity index (χ3v) is 14.6. The predicted octanol–water partition coefficient (Wildman–Crippen LogP) is 9.03. The Balaban J connectivity index is 1.29. The molecule has 2 N–H and O–H groups in total. The molecule has 0 saturated carbocycles.